The van der Waals surface area contributed by atoms with Crippen molar-refractivity contribution < 1.29 is 4.79 Å². The van der Waals surface area contributed by atoms with Crippen LogP contribution >= 0.6 is 0 Å². The van der Waals surface area contributed by atoms with E-state index in [0.29, 0.717) is 18.5 Å². The van der Waals surface area contributed by atoms with E-state index in [1.807, 2.05) is 0 Å². The predicted molar refractivity (Wildman–Crippen MR) is 64.9 cm³/mol. The monoisotopic (exact) mass is 224 g/mol. The molecule has 0 aromatic rings. The molecule has 0 unspecified atom stereocenters. The molecule has 2 aliphatic carbocycles. The number of nitrogens with two attached hydrogens (primary N) is 1. The SMILES string of the molecule is C[C@@H](NC(=O)C1(CN)CC1)C1CCCCC1. The van der Waals surface area contributed by atoms with Gasteiger partial charge in [-0.25, -0.2) is 0 Å². The summed E-state index contributed by atoms with van der Waals surface area (Å²) in [6, 6.07) is 0.330. The van der Waals surface area contributed by atoms with Gasteiger partial charge in [-0.2, -0.15) is 0 Å². The maximum absolute atomic E-state index is 12.0. The van der Waals surface area contributed by atoms with Crippen LogP contribution in [0.4, 0.5) is 0 Å². The van der Waals surface area contributed by atoms with Crippen LogP contribution in [0.25, 0.3) is 0 Å². The second kappa shape index (κ2) is 4.74. The lowest BCUT2D eigenvalue weighted by Crippen LogP contribution is -2.44. The molecule has 2 aliphatic rings. The lowest BCUT2D eigenvalue weighted by atomic mass is 9.84. The zero-order valence-corrected chi connectivity index (χ0v) is 10.3. The molecular formula is C13H24N2O. The van der Waals surface area contributed by atoms with E-state index in [0.717, 1.165) is 12.8 Å². The molecule has 2 rings (SSSR count). The summed E-state index contributed by atoms with van der Waals surface area (Å²) >= 11 is 0. The fraction of sp³-hybridized carbons (Fsp3) is 0.923. The number of hydrogen-bond donors (Lipinski definition) is 2. The average Bonchev–Trinajstić information content (AvgIpc) is 3.11. The second-order valence-electron chi connectivity index (χ2n) is 5.64. The van der Waals surface area contributed by atoms with Crippen LogP contribution in [-0.4, -0.2) is 18.5 Å². The topological polar surface area (TPSA) is 55.1 Å². The maximum atomic E-state index is 12.0. The highest BCUT2D eigenvalue weighted by molar-refractivity contribution is 5.85. The number of amides is 1. The van der Waals surface area contributed by atoms with Gasteiger partial charge in [0.2, 0.25) is 5.91 Å². The van der Waals surface area contributed by atoms with Gasteiger partial charge in [0, 0.05) is 12.6 Å². The molecule has 3 N–H and O–H groups in total. The molecule has 0 aromatic carbocycles. The van der Waals surface area contributed by atoms with Crippen molar-refractivity contribution in [3.05, 3.63) is 0 Å². The van der Waals surface area contributed by atoms with E-state index < -0.39 is 0 Å². The van der Waals surface area contributed by atoms with Crippen molar-refractivity contribution in [2.45, 2.75) is 57.9 Å². The molecular weight excluding hydrogens is 200 g/mol. The van der Waals surface area contributed by atoms with Gasteiger partial charge < -0.3 is 11.1 Å². The molecule has 16 heavy (non-hydrogen) atoms. The zero-order valence-electron chi connectivity index (χ0n) is 10.3. The van der Waals surface area contributed by atoms with Crippen molar-refractivity contribution >= 4 is 5.91 Å². The number of nitrogens with one attached hydrogen (secondary N) is 1. The minimum absolute atomic E-state index is 0.192. The van der Waals surface area contributed by atoms with E-state index in [2.05, 4.69) is 12.2 Å². The molecule has 1 atom stereocenters. The summed E-state index contributed by atoms with van der Waals surface area (Å²) < 4.78 is 0. The van der Waals surface area contributed by atoms with Gasteiger partial charge in [-0.3, -0.25) is 4.79 Å². The van der Waals surface area contributed by atoms with E-state index in [-0.39, 0.29) is 11.3 Å². The highest BCUT2D eigenvalue weighted by Gasteiger charge is 2.48. The maximum Gasteiger partial charge on any atom is 0.227 e. The summed E-state index contributed by atoms with van der Waals surface area (Å²) in [5.41, 5.74) is 5.47. The Morgan fingerprint density at radius 1 is 1.38 bits per heavy atom. The van der Waals surface area contributed by atoms with Gasteiger partial charge >= 0.3 is 0 Å². The molecule has 0 saturated heterocycles. The number of rotatable bonds is 4. The molecule has 0 radical (unpaired) electrons. The minimum atomic E-state index is -0.192. The molecule has 2 saturated carbocycles. The summed E-state index contributed by atoms with van der Waals surface area (Å²) in [7, 11) is 0. The second-order valence-corrected chi connectivity index (χ2v) is 5.64. The van der Waals surface area contributed by atoms with Gasteiger partial charge in [0.1, 0.15) is 0 Å². The predicted octanol–water partition coefficient (Wildman–Crippen LogP) is 1.81. The van der Waals surface area contributed by atoms with E-state index in [1.165, 1.54) is 32.1 Å². The Labute approximate surface area is 98.2 Å². The van der Waals surface area contributed by atoms with E-state index >= 15 is 0 Å². The van der Waals surface area contributed by atoms with Crippen molar-refractivity contribution in [3.63, 3.8) is 0 Å². The van der Waals surface area contributed by atoms with Gasteiger partial charge in [0.25, 0.3) is 0 Å². The molecule has 2 fully saturated rings. The summed E-state index contributed by atoms with van der Waals surface area (Å²) in [5.74, 6) is 0.888. The van der Waals surface area contributed by atoms with Crippen molar-refractivity contribution in [2.24, 2.45) is 17.1 Å². The van der Waals surface area contributed by atoms with Crippen molar-refractivity contribution in [2.75, 3.05) is 6.54 Å². The van der Waals surface area contributed by atoms with Gasteiger partial charge in [0.15, 0.2) is 0 Å². The third-order valence-electron chi connectivity index (χ3n) is 4.44. The Balaban J connectivity index is 1.82. The van der Waals surface area contributed by atoms with E-state index in [9.17, 15) is 4.79 Å². The van der Waals surface area contributed by atoms with Crippen LogP contribution in [0.15, 0.2) is 0 Å². The summed E-state index contributed by atoms with van der Waals surface area (Å²) in [6.07, 6.45) is 8.53. The average molecular weight is 224 g/mol. The highest BCUT2D eigenvalue weighted by atomic mass is 16.2. The van der Waals surface area contributed by atoms with Crippen molar-refractivity contribution in [3.8, 4) is 0 Å². The largest absolute Gasteiger partial charge is 0.353 e. The third kappa shape index (κ3) is 2.40. The fourth-order valence-corrected chi connectivity index (χ4v) is 2.79. The Kier molecular flexibility index (Phi) is 3.53. The number of carbonyl (C=O) groups is 1. The summed E-state index contributed by atoms with van der Waals surface area (Å²) in [6.45, 7) is 2.66. The Hall–Kier alpha value is -0.570. The fourth-order valence-electron chi connectivity index (χ4n) is 2.79. The molecule has 0 heterocycles. The first-order valence-electron chi connectivity index (χ1n) is 6.69. The lowest BCUT2D eigenvalue weighted by molar-refractivity contribution is -0.127. The third-order valence-corrected chi connectivity index (χ3v) is 4.44. The first-order chi connectivity index (χ1) is 7.68. The molecule has 0 bridgehead atoms. The number of carbonyl (C=O) groups excluding carboxylic acids is 1. The molecule has 92 valence electrons. The molecule has 3 nitrogen and oxygen atoms in total. The molecule has 0 aromatic heterocycles. The normalized spacial score (nSPS) is 26.1. The van der Waals surface area contributed by atoms with Crippen molar-refractivity contribution in [1.29, 1.82) is 0 Å². The smallest absolute Gasteiger partial charge is 0.227 e. The van der Waals surface area contributed by atoms with Crippen LogP contribution in [0.2, 0.25) is 0 Å². The Bertz CT molecular complexity index is 255. The van der Waals surface area contributed by atoms with Crippen molar-refractivity contribution in [1.82, 2.24) is 5.32 Å². The molecule has 1 amide bonds. The highest BCUT2D eigenvalue weighted by Crippen LogP contribution is 2.44. The zero-order chi connectivity index (χ0) is 11.6. The van der Waals surface area contributed by atoms with E-state index in [1.54, 1.807) is 0 Å². The molecule has 0 spiro atoms. The van der Waals surface area contributed by atoms with Gasteiger partial charge in [-0.15, -0.1) is 0 Å². The number of hydrogen-bond acceptors (Lipinski definition) is 2. The molecule has 0 aliphatic heterocycles. The van der Waals surface area contributed by atoms with Crippen LogP contribution in [0.5, 0.6) is 0 Å². The van der Waals surface area contributed by atoms with Crippen LogP contribution < -0.4 is 11.1 Å². The van der Waals surface area contributed by atoms with Gasteiger partial charge in [-0.05, 0) is 38.5 Å². The summed E-state index contributed by atoms with van der Waals surface area (Å²) in [5, 5.41) is 3.18. The first kappa shape index (κ1) is 11.9. The van der Waals surface area contributed by atoms with Gasteiger partial charge in [-0.1, -0.05) is 19.3 Å². The van der Waals surface area contributed by atoms with E-state index in [4.69, 9.17) is 5.73 Å². The Morgan fingerprint density at radius 3 is 2.50 bits per heavy atom. The minimum Gasteiger partial charge on any atom is -0.353 e. The van der Waals surface area contributed by atoms with Crippen LogP contribution in [-0.2, 0) is 4.79 Å². The quantitative estimate of drug-likeness (QED) is 0.765. The van der Waals surface area contributed by atoms with Crippen LogP contribution in [0.3, 0.4) is 0 Å². The molecule has 3 heteroatoms. The van der Waals surface area contributed by atoms with Crippen LogP contribution in [0.1, 0.15) is 51.9 Å². The summed E-state index contributed by atoms with van der Waals surface area (Å²) in [4.78, 5) is 12.0. The lowest BCUT2D eigenvalue weighted by Gasteiger charge is -2.29. The standard InChI is InChI=1S/C13H24N2O/c1-10(11-5-3-2-4-6-11)15-12(16)13(9-14)7-8-13/h10-11H,2-9,14H2,1H3,(H,15,16)/t10-/m1/s1. The Morgan fingerprint density at radius 2 is 2.00 bits per heavy atom. The van der Waals surface area contributed by atoms with Crippen LogP contribution in [0, 0.1) is 11.3 Å². The van der Waals surface area contributed by atoms with Gasteiger partial charge in [0.05, 0.1) is 5.41 Å². The first-order valence-corrected chi connectivity index (χ1v) is 6.69.